The standard InChI is InChI=1S/C25H34N4O3/c1-25(2,3)11-14-32-22-16-27-12-10-19(22)15-28-24(31)18-6-8-21(9-7-18)29-13-4-5-20(17-29)23(26)30/h6-10,12,16,20H,4-5,11,13-15,17H2,1-3H3,(H2,26,30)(H,28,31). The van der Waals surface area contributed by atoms with Crippen LogP contribution in [0.4, 0.5) is 5.69 Å². The lowest BCUT2D eigenvalue weighted by molar-refractivity contribution is -0.122. The highest BCUT2D eigenvalue weighted by molar-refractivity contribution is 5.94. The van der Waals surface area contributed by atoms with E-state index in [2.05, 4.69) is 36.0 Å². The van der Waals surface area contributed by atoms with Crippen LogP contribution >= 0.6 is 0 Å². The maximum Gasteiger partial charge on any atom is 0.251 e. The van der Waals surface area contributed by atoms with E-state index in [-0.39, 0.29) is 23.1 Å². The molecule has 172 valence electrons. The average Bonchev–Trinajstić information content (AvgIpc) is 2.77. The van der Waals surface area contributed by atoms with Crippen LogP contribution in [-0.4, -0.2) is 36.5 Å². The molecule has 1 aliphatic heterocycles. The van der Waals surface area contributed by atoms with Gasteiger partial charge in [0, 0.05) is 42.6 Å². The fourth-order valence-electron chi connectivity index (χ4n) is 3.70. The van der Waals surface area contributed by atoms with E-state index in [1.165, 1.54) is 0 Å². The molecular weight excluding hydrogens is 404 g/mol. The molecule has 2 amide bonds. The Hall–Kier alpha value is -3.09. The molecule has 1 aromatic carbocycles. The number of nitrogens with one attached hydrogen (secondary N) is 1. The van der Waals surface area contributed by atoms with E-state index in [0.717, 1.165) is 37.1 Å². The summed E-state index contributed by atoms with van der Waals surface area (Å²) in [4.78, 5) is 30.5. The van der Waals surface area contributed by atoms with Crippen molar-refractivity contribution in [2.24, 2.45) is 17.1 Å². The Morgan fingerprint density at radius 1 is 1.22 bits per heavy atom. The first-order valence-electron chi connectivity index (χ1n) is 11.2. The van der Waals surface area contributed by atoms with E-state index in [1.54, 1.807) is 12.4 Å². The Bertz CT molecular complexity index is 922. The predicted octanol–water partition coefficient (Wildman–Crippen LogP) is 3.53. The van der Waals surface area contributed by atoms with Crippen LogP contribution < -0.4 is 20.7 Å². The van der Waals surface area contributed by atoms with Gasteiger partial charge in [0.1, 0.15) is 5.75 Å². The van der Waals surface area contributed by atoms with Gasteiger partial charge in [0.2, 0.25) is 5.91 Å². The monoisotopic (exact) mass is 438 g/mol. The van der Waals surface area contributed by atoms with Crippen molar-refractivity contribution in [2.45, 2.75) is 46.6 Å². The van der Waals surface area contributed by atoms with E-state index in [9.17, 15) is 9.59 Å². The molecule has 1 aromatic heterocycles. The van der Waals surface area contributed by atoms with Crippen LogP contribution in [0.3, 0.4) is 0 Å². The molecule has 0 saturated carbocycles. The van der Waals surface area contributed by atoms with Crippen LogP contribution in [0, 0.1) is 11.3 Å². The number of nitrogens with two attached hydrogens (primary N) is 1. The molecular formula is C25H34N4O3. The fourth-order valence-corrected chi connectivity index (χ4v) is 3.70. The van der Waals surface area contributed by atoms with Crippen molar-refractivity contribution >= 4 is 17.5 Å². The van der Waals surface area contributed by atoms with Crippen molar-refractivity contribution in [1.29, 1.82) is 0 Å². The van der Waals surface area contributed by atoms with Gasteiger partial charge in [-0.05, 0) is 55.0 Å². The van der Waals surface area contributed by atoms with Crippen molar-refractivity contribution in [1.82, 2.24) is 10.3 Å². The van der Waals surface area contributed by atoms with Gasteiger partial charge in [-0.25, -0.2) is 0 Å². The number of ether oxygens (including phenoxy) is 1. The van der Waals surface area contributed by atoms with E-state index >= 15 is 0 Å². The summed E-state index contributed by atoms with van der Waals surface area (Å²) in [6, 6.07) is 9.33. The van der Waals surface area contributed by atoms with E-state index in [4.69, 9.17) is 10.5 Å². The summed E-state index contributed by atoms with van der Waals surface area (Å²) >= 11 is 0. The molecule has 1 saturated heterocycles. The summed E-state index contributed by atoms with van der Waals surface area (Å²) in [6.07, 6.45) is 6.09. The molecule has 3 rings (SSSR count). The number of benzene rings is 1. The molecule has 0 spiro atoms. The van der Waals surface area contributed by atoms with Crippen molar-refractivity contribution in [3.05, 3.63) is 53.9 Å². The minimum Gasteiger partial charge on any atom is -0.492 e. The van der Waals surface area contributed by atoms with Gasteiger partial charge >= 0.3 is 0 Å². The minimum atomic E-state index is -0.247. The van der Waals surface area contributed by atoms with Crippen LogP contribution in [0.5, 0.6) is 5.75 Å². The zero-order valence-corrected chi connectivity index (χ0v) is 19.3. The first kappa shape index (κ1) is 23.6. The lowest BCUT2D eigenvalue weighted by Gasteiger charge is -2.33. The number of primary amides is 1. The van der Waals surface area contributed by atoms with Gasteiger partial charge in [0.15, 0.2) is 0 Å². The molecule has 7 nitrogen and oxygen atoms in total. The highest BCUT2D eigenvalue weighted by Gasteiger charge is 2.24. The van der Waals surface area contributed by atoms with Crippen LogP contribution in [0.1, 0.15) is 56.0 Å². The van der Waals surface area contributed by atoms with Crippen LogP contribution in [0.2, 0.25) is 0 Å². The first-order valence-corrected chi connectivity index (χ1v) is 11.2. The topological polar surface area (TPSA) is 97.6 Å². The number of aromatic nitrogens is 1. The summed E-state index contributed by atoms with van der Waals surface area (Å²) in [5.74, 6) is 0.180. The smallest absolute Gasteiger partial charge is 0.251 e. The van der Waals surface area contributed by atoms with Crippen LogP contribution in [0.25, 0.3) is 0 Å². The Kier molecular flexibility index (Phi) is 7.72. The number of anilines is 1. The molecule has 0 aliphatic carbocycles. The van der Waals surface area contributed by atoms with Gasteiger partial charge in [0.25, 0.3) is 5.91 Å². The lowest BCUT2D eigenvalue weighted by atomic mass is 9.93. The molecule has 32 heavy (non-hydrogen) atoms. The normalized spacial score (nSPS) is 16.5. The zero-order valence-electron chi connectivity index (χ0n) is 19.3. The maximum absolute atomic E-state index is 12.7. The molecule has 0 radical (unpaired) electrons. The molecule has 2 heterocycles. The van der Waals surface area contributed by atoms with Crippen molar-refractivity contribution in [3.63, 3.8) is 0 Å². The number of hydrogen-bond donors (Lipinski definition) is 2. The number of carbonyl (C=O) groups is 2. The number of pyridine rings is 1. The Morgan fingerprint density at radius 3 is 2.66 bits per heavy atom. The summed E-state index contributed by atoms with van der Waals surface area (Å²) in [7, 11) is 0. The van der Waals surface area contributed by atoms with Crippen molar-refractivity contribution in [2.75, 3.05) is 24.6 Å². The predicted molar refractivity (Wildman–Crippen MR) is 126 cm³/mol. The number of amides is 2. The summed E-state index contributed by atoms with van der Waals surface area (Å²) in [6.45, 7) is 9.00. The number of carbonyl (C=O) groups excluding carboxylic acids is 2. The summed E-state index contributed by atoms with van der Waals surface area (Å²) in [5.41, 5.74) is 8.14. The molecule has 2 aromatic rings. The van der Waals surface area contributed by atoms with E-state index in [1.807, 2.05) is 30.3 Å². The molecule has 3 N–H and O–H groups in total. The third-order valence-corrected chi connectivity index (χ3v) is 5.74. The van der Waals surface area contributed by atoms with Gasteiger partial charge in [-0.2, -0.15) is 0 Å². The minimum absolute atomic E-state index is 0.119. The number of rotatable bonds is 8. The third kappa shape index (κ3) is 6.70. The maximum atomic E-state index is 12.7. The second-order valence-corrected chi connectivity index (χ2v) is 9.56. The lowest BCUT2D eigenvalue weighted by Crippen LogP contribution is -2.41. The third-order valence-electron chi connectivity index (χ3n) is 5.74. The Balaban J connectivity index is 1.56. The van der Waals surface area contributed by atoms with E-state index < -0.39 is 0 Å². The largest absolute Gasteiger partial charge is 0.492 e. The average molecular weight is 439 g/mol. The van der Waals surface area contributed by atoms with Gasteiger partial charge in [-0.1, -0.05) is 20.8 Å². The molecule has 0 bridgehead atoms. The number of piperidine rings is 1. The second kappa shape index (κ2) is 10.5. The number of hydrogen-bond acceptors (Lipinski definition) is 5. The molecule has 1 aliphatic rings. The highest BCUT2D eigenvalue weighted by Crippen LogP contribution is 2.24. The summed E-state index contributed by atoms with van der Waals surface area (Å²) in [5, 5.41) is 2.96. The second-order valence-electron chi connectivity index (χ2n) is 9.56. The number of nitrogens with zero attached hydrogens (tertiary/aromatic N) is 2. The van der Waals surface area contributed by atoms with Crippen molar-refractivity contribution in [3.8, 4) is 5.75 Å². The van der Waals surface area contributed by atoms with E-state index in [0.29, 0.717) is 31.0 Å². The molecule has 7 heteroatoms. The van der Waals surface area contributed by atoms with Crippen molar-refractivity contribution < 1.29 is 14.3 Å². The van der Waals surface area contributed by atoms with Gasteiger partial charge in [-0.15, -0.1) is 0 Å². The SMILES string of the molecule is CC(C)(C)CCOc1cnccc1CNC(=O)c1ccc(N2CCCC(C(N)=O)C2)cc1. The molecule has 1 atom stereocenters. The quantitative estimate of drug-likeness (QED) is 0.657. The Morgan fingerprint density at radius 2 is 1.97 bits per heavy atom. The zero-order chi connectivity index (χ0) is 23.1. The first-order chi connectivity index (χ1) is 15.2. The molecule has 1 unspecified atom stereocenters. The Labute approximate surface area is 190 Å². The van der Waals surface area contributed by atoms with Crippen LogP contribution in [0.15, 0.2) is 42.7 Å². The summed E-state index contributed by atoms with van der Waals surface area (Å²) < 4.78 is 5.91. The van der Waals surface area contributed by atoms with Gasteiger partial charge < -0.3 is 20.7 Å². The van der Waals surface area contributed by atoms with Gasteiger partial charge in [0.05, 0.1) is 18.7 Å². The van der Waals surface area contributed by atoms with Gasteiger partial charge in [-0.3, -0.25) is 14.6 Å². The van der Waals surface area contributed by atoms with Crippen LogP contribution in [-0.2, 0) is 11.3 Å². The highest BCUT2D eigenvalue weighted by atomic mass is 16.5. The molecule has 1 fully saturated rings. The fraction of sp³-hybridized carbons (Fsp3) is 0.480.